The van der Waals surface area contributed by atoms with E-state index in [-0.39, 0.29) is 12.1 Å². The standard InChI is InChI=1S/C18H21NO2/c1-3-20-16-7-5-4-6-13(16)18-11-15(19)14-10-12(2)8-9-17(14)21-18/h4-10,15,18H,3,11,19H2,1-2H3/t15-,18?/m1/s1. The first-order valence-electron chi connectivity index (χ1n) is 7.43. The Morgan fingerprint density at radius 2 is 2.00 bits per heavy atom. The molecule has 3 heteroatoms. The number of benzene rings is 2. The maximum atomic E-state index is 6.35. The summed E-state index contributed by atoms with van der Waals surface area (Å²) < 4.78 is 11.9. The van der Waals surface area contributed by atoms with Crippen LogP contribution >= 0.6 is 0 Å². The first kappa shape index (κ1) is 14.0. The van der Waals surface area contributed by atoms with E-state index < -0.39 is 0 Å². The van der Waals surface area contributed by atoms with Crippen molar-refractivity contribution in [3.05, 3.63) is 59.2 Å². The van der Waals surface area contributed by atoms with Crippen LogP contribution in [-0.4, -0.2) is 6.61 Å². The van der Waals surface area contributed by atoms with Crippen molar-refractivity contribution in [3.8, 4) is 11.5 Å². The van der Waals surface area contributed by atoms with Crippen molar-refractivity contribution in [2.45, 2.75) is 32.4 Å². The normalized spacial score (nSPS) is 20.5. The topological polar surface area (TPSA) is 44.5 Å². The van der Waals surface area contributed by atoms with Gasteiger partial charge in [0.15, 0.2) is 0 Å². The van der Waals surface area contributed by atoms with Crippen LogP contribution in [0, 0.1) is 6.92 Å². The Labute approximate surface area is 125 Å². The molecule has 0 spiro atoms. The van der Waals surface area contributed by atoms with E-state index in [0.717, 1.165) is 29.0 Å². The van der Waals surface area contributed by atoms with Crippen molar-refractivity contribution in [2.24, 2.45) is 5.73 Å². The third-order valence-corrected chi connectivity index (χ3v) is 3.87. The maximum Gasteiger partial charge on any atom is 0.129 e. The van der Waals surface area contributed by atoms with Crippen LogP contribution < -0.4 is 15.2 Å². The SMILES string of the molecule is CCOc1ccccc1C1C[C@@H](N)c2cc(C)ccc2O1. The number of hydrogen-bond donors (Lipinski definition) is 1. The lowest BCUT2D eigenvalue weighted by Crippen LogP contribution is -2.24. The van der Waals surface area contributed by atoms with Crippen molar-refractivity contribution in [1.29, 1.82) is 0 Å². The lowest BCUT2D eigenvalue weighted by molar-refractivity contribution is 0.156. The van der Waals surface area contributed by atoms with Gasteiger partial charge in [0.1, 0.15) is 17.6 Å². The van der Waals surface area contributed by atoms with Gasteiger partial charge in [0.05, 0.1) is 6.61 Å². The molecule has 1 heterocycles. The molecule has 0 saturated heterocycles. The molecule has 2 aromatic carbocycles. The van der Waals surface area contributed by atoms with Gasteiger partial charge < -0.3 is 15.2 Å². The summed E-state index contributed by atoms with van der Waals surface area (Å²) in [6.07, 6.45) is 0.707. The van der Waals surface area contributed by atoms with E-state index in [2.05, 4.69) is 25.1 Å². The molecule has 1 unspecified atom stereocenters. The second kappa shape index (κ2) is 5.78. The van der Waals surface area contributed by atoms with Crippen molar-refractivity contribution < 1.29 is 9.47 Å². The number of fused-ring (bicyclic) bond motifs is 1. The fraction of sp³-hybridized carbons (Fsp3) is 0.333. The summed E-state index contributed by atoms with van der Waals surface area (Å²) in [6, 6.07) is 14.2. The average molecular weight is 283 g/mol. The van der Waals surface area contributed by atoms with E-state index in [1.807, 2.05) is 31.2 Å². The van der Waals surface area contributed by atoms with E-state index >= 15 is 0 Å². The molecule has 1 aliphatic rings. The number of ether oxygens (including phenoxy) is 2. The number of nitrogens with two attached hydrogens (primary N) is 1. The third-order valence-electron chi connectivity index (χ3n) is 3.87. The average Bonchev–Trinajstić information content (AvgIpc) is 2.49. The third kappa shape index (κ3) is 2.74. The quantitative estimate of drug-likeness (QED) is 0.928. The highest BCUT2D eigenvalue weighted by Crippen LogP contribution is 2.42. The molecule has 3 rings (SSSR count). The fourth-order valence-electron chi connectivity index (χ4n) is 2.85. The molecule has 0 aliphatic carbocycles. The van der Waals surface area contributed by atoms with E-state index in [9.17, 15) is 0 Å². The molecule has 2 aromatic rings. The highest BCUT2D eigenvalue weighted by Gasteiger charge is 2.28. The van der Waals surface area contributed by atoms with E-state index in [0.29, 0.717) is 6.61 Å². The molecule has 1 aliphatic heterocycles. The first-order chi connectivity index (χ1) is 10.2. The highest BCUT2D eigenvalue weighted by atomic mass is 16.5. The molecule has 110 valence electrons. The summed E-state index contributed by atoms with van der Waals surface area (Å²) in [5, 5.41) is 0. The summed E-state index contributed by atoms with van der Waals surface area (Å²) in [7, 11) is 0. The zero-order chi connectivity index (χ0) is 14.8. The van der Waals surface area contributed by atoms with Gasteiger partial charge in [-0.15, -0.1) is 0 Å². The predicted molar refractivity (Wildman–Crippen MR) is 83.7 cm³/mol. The van der Waals surface area contributed by atoms with Crippen LogP contribution in [0.15, 0.2) is 42.5 Å². The summed E-state index contributed by atoms with van der Waals surface area (Å²) in [4.78, 5) is 0. The van der Waals surface area contributed by atoms with Crippen molar-refractivity contribution in [3.63, 3.8) is 0 Å². The number of aryl methyl sites for hydroxylation is 1. The minimum atomic E-state index is -0.0574. The van der Waals surface area contributed by atoms with Crippen LogP contribution in [0.4, 0.5) is 0 Å². The van der Waals surface area contributed by atoms with Crippen LogP contribution in [0.2, 0.25) is 0 Å². The summed E-state index contributed by atoms with van der Waals surface area (Å²) in [5.41, 5.74) is 9.72. The van der Waals surface area contributed by atoms with Crippen molar-refractivity contribution in [1.82, 2.24) is 0 Å². The molecule has 0 saturated carbocycles. The Morgan fingerprint density at radius 3 is 2.81 bits per heavy atom. The minimum Gasteiger partial charge on any atom is -0.493 e. The van der Waals surface area contributed by atoms with Gasteiger partial charge >= 0.3 is 0 Å². The molecule has 0 amide bonds. The molecule has 0 aromatic heterocycles. The van der Waals surface area contributed by atoms with Gasteiger partial charge in [0, 0.05) is 23.6 Å². The van der Waals surface area contributed by atoms with E-state index in [4.69, 9.17) is 15.2 Å². The summed E-state index contributed by atoms with van der Waals surface area (Å²) in [5.74, 6) is 1.77. The highest BCUT2D eigenvalue weighted by molar-refractivity contribution is 5.43. The fourth-order valence-corrected chi connectivity index (χ4v) is 2.85. The van der Waals surface area contributed by atoms with Gasteiger partial charge in [-0.25, -0.2) is 0 Å². The van der Waals surface area contributed by atoms with Crippen LogP contribution in [0.25, 0.3) is 0 Å². The Kier molecular flexibility index (Phi) is 3.84. The van der Waals surface area contributed by atoms with Gasteiger partial charge in [-0.2, -0.15) is 0 Å². The van der Waals surface area contributed by atoms with E-state index in [1.165, 1.54) is 5.56 Å². The lowest BCUT2D eigenvalue weighted by Gasteiger charge is -2.31. The smallest absolute Gasteiger partial charge is 0.129 e. The Bertz CT molecular complexity index is 639. The summed E-state index contributed by atoms with van der Waals surface area (Å²) >= 11 is 0. The molecule has 2 atom stereocenters. The Balaban J connectivity index is 1.94. The Hall–Kier alpha value is -2.00. The zero-order valence-corrected chi connectivity index (χ0v) is 12.5. The molecule has 2 N–H and O–H groups in total. The molecule has 0 fully saturated rings. The Morgan fingerprint density at radius 1 is 1.19 bits per heavy atom. The van der Waals surface area contributed by atoms with Crippen LogP contribution in [0.3, 0.4) is 0 Å². The number of rotatable bonds is 3. The minimum absolute atomic E-state index is 0.00617. The number of para-hydroxylation sites is 1. The lowest BCUT2D eigenvalue weighted by atomic mass is 9.92. The van der Waals surface area contributed by atoms with Gasteiger partial charge in [0.2, 0.25) is 0 Å². The van der Waals surface area contributed by atoms with Gasteiger partial charge in [-0.05, 0) is 26.0 Å². The predicted octanol–water partition coefficient (Wildman–Crippen LogP) is 3.92. The largest absolute Gasteiger partial charge is 0.493 e. The molecule has 21 heavy (non-hydrogen) atoms. The van der Waals surface area contributed by atoms with Gasteiger partial charge in [-0.1, -0.05) is 35.9 Å². The first-order valence-corrected chi connectivity index (χ1v) is 7.43. The second-order valence-electron chi connectivity index (χ2n) is 5.46. The molecular weight excluding hydrogens is 262 g/mol. The van der Waals surface area contributed by atoms with Crippen LogP contribution in [0.1, 0.15) is 42.2 Å². The number of hydrogen-bond acceptors (Lipinski definition) is 3. The monoisotopic (exact) mass is 283 g/mol. The molecule has 0 radical (unpaired) electrons. The molecular formula is C18H21NO2. The van der Waals surface area contributed by atoms with Crippen LogP contribution in [0.5, 0.6) is 11.5 Å². The zero-order valence-electron chi connectivity index (χ0n) is 12.5. The van der Waals surface area contributed by atoms with Gasteiger partial charge in [0.25, 0.3) is 0 Å². The van der Waals surface area contributed by atoms with Crippen molar-refractivity contribution >= 4 is 0 Å². The van der Waals surface area contributed by atoms with Crippen LogP contribution in [-0.2, 0) is 0 Å². The molecule has 3 nitrogen and oxygen atoms in total. The maximum absolute atomic E-state index is 6.35. The molecule has 0 bridgehead atoms. The second-order valence-corrected chi connectivity index (χ2v) is 5.46. The van der Waals surface area contributed by atoms with Crippen molar-refractivity contribution in [2.75, 3.05) is 6.61 Å². The van der Waals surface area contributed by atoms with Gasteiger partial charge in [-0.3, -0.25) is 0 Å². The van der Waals surface area contributed by atoms with E-state index in [1.54, 1.807) is 0 Å². The summed E-state index contributed by atoms with van der Waals surface area (Å²) in [6.45, 7) is 4.71.